The van der Waals surface area contributed by atoms with Gasteiger partial charge < -0.3 is 5.31 Å². The van der Waals surface area contributed by atoms with Crippen molar-refractivity contribution < 1.29 is 6.89 Å². The van der Waals surface area contributed by atoms with Crippen LogP contribution < -0.4 is 5.31 Å². The molecule has 1 saturated heterocycles. The number of halogens is 1. The van der Waals surface area contributed by atoms with Gasteiger partial charge in [0.05, 0.1) is 0 Å². The second-order valence-electron chi connectivity index (χ2n) is 2.77. The molecule has 0 bridgehead atoms. The maximum atomic E-state index is 7.76. The summed E-state index contributed by atoms with van der Waals surface area (Å²) in [6.45, 7) is 1.53. The summed E-state index contributed by atoms with van der Waals surface area (Å²) >= 11 is 0. The van der Waals surface area contributed by atoms with E-state index in [1.54, 1.807) is 13.8 Å². The standard InChI is InChI=1S/C7H15N.ClH/c1-6-4-7(2,3)8-5-6;/h6,8H,4-5H2,1-3H3;1H/i1D3,4D;/hD. The summed E-state index contributed by atoms with van der Waals surface area (Å²) in [5.74, 6) is -0.694. The van der Waals surface area contributed by atoms with Crippen LogP contribution in [0.3, 0.4) is 0 Å². The lowest BCUT2D eigenvalue weighted by molar-refractivity contribution is 0.448. The van der Waals surface area contributed by atoms with Crippen LogP contribution in [0.15, 0.2) is 0 Å². The molecule has 0 amide bonds. The maximum Gasteiger partial charge on any atom is 0.123 e. The molecule has 2 heteroatoms. The van der Waals surface area contributed by atoms with Gasteiger partial charge in [0.25, 0.3) is 0 Å². The van der Waals surface area contributed by atoms with Gasteiger partial charge in [-0.3, -0.25) is 0 Å². The Kier molecular flexibility index (Phi) is 1.15. The first kappa shape index (κ1) is 3.59. The highest BCUT2D eigenvalue weighted by Crippen LogP contribution is 2.21. The first-order valence-corrected chi connectivity index (χ1v) is 2.86. The zero-order valence-electron chi connectivity index (χ0n) is 10.7. The Hall–Kier alpha value is 0.250. The molecule has 9 heavy (non-hydrogen) atoms. The largest absolute Gasteiger partial charge is 0.312 e. The minimum Gasteiger partial charge on any atom is -0.312 e. The highest BCUT2D eigenvalue weighted by atomic mass is 35.5. The van der Waals surface area contributed by atoms with E-state index in [4.69, 9.17) is 6.89 Å². The normalized spacial score (nSPS) is 51.6. The number of hydrogen-bond donors (Lipinski definition) is 1. The summed E-state index contributed by atoms with van der Waals surface area (Å²) < 4.78 is 37.0. The molecule has 0 spiro atoms. The van der Waals surface area contributed by atoms with Gasteiger partial charge in [-0.2, -0.15) is 0 Å². The predicted octanol–water partition coefficient (Wildman–Crippen LogP) is 1.82. The summed E-state index contributed by atoms with van der Waals surface area (Å²) in [4.78, 5) is 0. The third-order valence-corrected chi connectivity index (χ3v) is 1.30. The van der Waals surface area contributed by atoms with Crippen LogP contribution in [0.25, 0.3) is 0 Å². The number of hydrogen-bond acceptors (Lipinski definition) is 1. The van der Waals surface area contributed by atoms with E-state index in [9.17, 15) is 0 Å². The van der Waals surface area contributed by atoms with Crippen molar-refractivity contribution in [3.8, 4) is 0 Å². The van der Waals surface area contributed by atoms with Gasteiger partial charge in [-0.1, -0.05) is 6.85 Å². The Bertz CT molecular complexity index is 205. The lowest BCUT2D eigenvalue weighted by Gasteiger charge is -2.16. The third kappa shape index (κ3) is 2.55. The molecule has 0 aromatic carbocycles. The second kappa shape index (κ2) is 2.89. The first-order valence-electron chi connectivity index (χ1n) is 5.38. The fourth-order valence-corrected chi connectivity index (χ4v) is 0.931. The average Bonchev–Trinajstić information content (AvgIpc) is 2.12. The molecule has 1 nitrogen and oxygen atoms in total. The SMILES string of the molecule is Cl.[2H]C1C(C([2H])([2H])[2H])CN([2H])C1(C)C. The Morgan fingerprint density at radius 2 is 2.56 bits per heavy atom. The predicted molar refractivity (Wildman–Crippen MR) is 43.1 cm³/mol. The monoisotopic (exact) mass is 154 g/mol. The Morgan fingerprint density at radius 1 is 1.89 bits per heavy atom. The van der Waals surface area contributed by atoms with Crippen molar-refractivity contribution in [1.82, 2.24) is 5.31 Å². The molecule has 56 valence electrons. The third-order valence-electron chi connectivity index (χ3n) is 1.30. The van der Waals surface area contributed by atoms with Crippen molar-refractivity contribution in [1.29, 1.82) is 0 Å². The van der Waals surface area contributed by atoms with Gasteiger partial charge in [0.15, 0.2) is 0 Å². The molecule has 2 unspecified atom stereocenters. The molecule has 2 atom stereocenters. The quantitative estimate of drug-likeness (QED) is 0.562. The molecule has 0 aromatic rings. The van der Waals surface area contributed by atoms with Crippen LogP contribution in [-0.2, 0) is 0 Å². The fraction of sp³-hybridized carbons (Fsp3) is 1.00. The van der Waals surface area contributed by atoms with E-state index in [1.165, 1.54) is 5.31 Å². The fourth-order valence-electron chi connectivity index (χ4n) is 0.931. The lowest BCUT2D eigenvalue weighted by Crippen LogP contribution is -2.31. The van der Waals surface area contributed by atoms with E-state index in [0.29, 0.717) is 0 Å². The van der Waals surface area contributed by atoms with Crippen molar-refractivity contribution >= 4 is 12.4 Å². The molecule has 1 fully saturated rings. The van der Waals surface area contributed by atoms with Gasteiger partial charge in [0.1, 0.15) is 1.41 Å². The lowest BCUT2D eigenvalue weighted by atomic mass is 9.99. The number of nitrogens with one attached hydrogen (secondary N) is 1. The Balaban J connectivity index is 0.00000169. The van der Waals surface area contributed by atoms with Gasteiger partial charge in [-0.15, -0.1) is 12.4 Å². The summed E-state index contributed by atoms with van der Waals surface area (Å²) in [7, 11) is 0. The minimum absolute atomic E-state index is 0. The van der Waals surface area contributed by atoms with Crippen LogP contribution in [0, 0.1) is 5.92 Å². The molecular weight excluding hydrogens is 134 g/mol. The van der Waals surface area contributed by atoms with Gasteiger partial charge in [-0.05, 0) is 32.7 Å². The van der Waals surface area contributed by atoms with Gasteiger partial charge in [-0.25, -0.2) is 0 Å². The van der Waals surface area contributed by atoms with Crippen LogP contribution in [-0.4, -0.2) is 12.1 Å². The average molecular weight is 155 g/mol. The van der Waals surface area contributed by atoms with Crippen LogP contribution in [0.1, 0.15) is 32.6 Å². The van der Waals surface area contributed by atoms with E-state index >= 15 is 0 Å². The Labute approximate surface area is 70.7 Å². The molecule has 1 aliphatic rings. The van der Waals surface area contributed by atoms with Gasteiger partial charge in [0.2, 0.25) is 0 Å². The van der Waals surface area contributed by atoms with Crippen molar-refractivity contribution in [3.63, 3.8) is 0 Å². The van der Waals surface area contributed by atoms with E-state index in [1.807, 2.05) is 0 Å². The van der Waals surface area contributed by atoms with Crippen LogP contribution >= 0.6 is 12.4 Å². The van der Waals surface area contributed by atoms with Crippen LogP contribution in [0.5, 0.6) is 0 Å². The zero-order valence-corrected chi connectivity index (χ0v) is 6.53. The van der Waals surface area contributed by atoms with Crippen LogP contribution in [0.4, 0.5) is 0 Å². The molecule has 1 rings (SSSR count). The van der Waals surface area contributed by atoms with E-state index in [0.717, 1.165) is 0 Å². The number of rotatable bonds is 0. The highest BCUT2D eigenvalue weighted by molar-refractivity contribution is 5.85. The van der Waals surface area contributed by atoms with E-state index < -0.39 is 24.7 Å². The Morgan fingerprint density at radius 3 is 2.78 bits per heavy atom. The van der Waals surface area contributed by atoms with Crippen molar-refractivity contribution in [2.75, 3.05) is 6.54 Å². The molecule has 0 aliphatic carbocycles. The van der Waals surface area contributed by atoms with E-state index in [2.05, 4.69) is 0 Å². The van der Waals surface area contributed by atoms with Crippen molar-refractivity contribution in [2.24, 2.45) is 5.92 Å². The summed E-state index contributed by atoms with van der Waals surface area (Å²) in [6.07, 6.45) is -0.711. The van der Waals surface area contributed by atoms with Gasteiger partial charge >= 0.3 is 0 Å². The molecule has 1 N–H and O–H groups in total. The topological polar surface area (TPSA) is 12.0 Å². The second-order valence-corrected chi connectivity index (χ2v) is 2.77. The molecule has 1 heterocycles. The highest BCUT2D eigenvalue weighted by Gasteiger charge is 2.26. The van der Waals surface area contributed by atoms with E-state index in [-0.39, 0.29) is 19.0 Å². The van der Waals surface area contributed by atoms with Crippen LogP contribution in [0.2, 0.25) is 1.41 Å². The van der Waals surface area contributed by atoms with Crippen molar-refractivity contribution in [2.45, 2.75) is 32.6 Å². The van der Waals surface area contributed by atoms with Gasteiger partial charge in [0, 0.05) is 11.0 Å². The summed E-state index contributed by atoms with van der Waals surface area (Å²) in [5.41, 5.74) is -0.654. The molecule has 1 aliphatic heterocycles. The molecule has 0 saturated carbocycles. The zero-order chi connectivity index (χ0) is 10.4. The molecule has 0 radical (unpaired) electrons. The molecular formula is C7H16ClN. The van der Waals surface area contributed by atoms with Crippen molar-refractivity contribution in [3.05, 3.63) is 0 Å². The smallest absolute Gasteiger partial charge is 0.123 e. The maximum absolute atomic E-state index is 7.76. The summed E-state index contributed by atoms with van der Waals surface area (Å²) in [5, 5.41) is 1.21. The minimum atomic E-state index is -2.11. The molecule has 0 aromatic heterocycles. The first-order chi connectivity index (χ1) is 5.67. The summed E-state index contributed by atoms with van der Waals surface area (Å²) in [6, 6.07) is 0.